The fraction of sp³-hybridized carbons (Fsp3) is 0.214. The lowest BCUT2D eigenvalue weighted by molar-refractivity contribution is -0.673. The van der Waals surface area contributed by atoms with Gasteiger partial charge in [0.1, 0.15) is 7.05 Å². The number of anilines is 1. The molecule has 0 aliphatic carbocycles. The van der Waals surface area contributed by atoms with Gasteiger partial charge in [-0.05, 0) is 24.1 Å². The first kappa shape index (κ1) is 21.8. The first-order chi connectivity index (χ1) is 11.1. The van der Waals surface area contributed by atoms with Gasteiger partial charge in [-0.1, -0.05) is 12.1 Å². The molecule has 0 aliphatic heterocycles. The number of rotatable bonds is 6. The molecule has 11 heteroatoms. The van der Waals surface area contributed by atoms with Crippen molar-refractivity contribution in [1.29, 1.82) is 0 Å². The second-order valence-corrected chi connectivity index (χ2v) is 8.39. The van der Waals surface area contributed by atoms with Crippen molar-refractivity contribution in [1.82, 2.24) is 0 Å². The molecule has 0 amide bonds. The maximum absolute atomic E-state index is 11.6. The molecular formula is C14H19IN4O4S2. The van der Waals surface area contributed by atoms with Gasteiger partial charge < -0.3 is 29.3 Å². The van der Waals surface area contributed by atoms with Crippen LogP contribution in [0, 0.1) is 0 Å². The topological polar surface area (TPSA) is 136 Å². The summed E-state index contributed by atoms with van der Waals surface area (Å²) < 4.78 is 47.2. The van der Waals surface area contributed by atoms with Crippen LogP contribution in [-0.2, 0) is 33.5 Å². The standard InChI is InChI=1S/C14H18N4O4S2.HI/c1-18-9-7-13(14(10-18)24(16,21)22)17-8-6-11-2-4-12(5-3-11)23(15,19)20;/h2-5,7,9-10H,6,8H2,1H3,(H4,15,16,19,20,21,22);1H. The number of pyridine rings is 1. The van der Waals surface area contributed by atoms with Gasteiger partial charge in [-0.25, -0.2) is 31.7 Å². The zero-order valence-corrected chi connectivity index (χ0v) is 17.2. The average molecular weight is 498 g/mol. The molecule has 138 valence electrons. The van der Waals surface area contributed by atoms with E-state index in [-0.39, 0.29) is 33.8 Å². The van der Waals surface area contributed by atoms with Crippen molar-refractivity contribution >= 4 is 25.7 Å². The first-order valence-corrected chi connectivity index (χ1v) is 10.0. The smallest absolute Gasteiger partial charge is 0.246 e. The summed E-state index contributed by atoms with van der Waals surface area (Å²) in [7, 11) is -5.84. The van der Waals surface area contributed by atoms with Crippen molar-refractivity contribution in [3.05, 3.63) is 48.3 Å². The van der Waals surface area contributed by atoms with Gasteiger partial charge in [0.05, 0.1) is 10.6 Å². The zero-order chi connectivity index (χ0) is 18.0. The molecule has 5 N–H and O–H groups in total. The van der Waals surface area contributed by atoms with Crippen LogP contribution >= 0.6 is 0 Å². The maximum Gasteiger partial charge on any atom is 0.246 e. The molecule has 0 saturated heterocycles. The predicted octanol–water partition coefficient (Wildman–Crippen LogP) is -3.54. The Bertz CT molecular complexity index is 945. The summed E-state index contributed by atoms with van der Waals surface area (Å²) in [6.07, 6.45) is 3.70. The number of sulfonamides is 2. The molecule has 0 saturated carbocycles. The fourth-order valence-electron chi connectivity index (χ4n) is 2.13. The molecule has 0 atom stereocenters. The van der Waals surface area contributed by atoms with Crippen molar-refractivity contribution in [3.63, 3.8) is 0 Å². The molecule has 1 heterocycles. The molecule has 0 radical (unpaired) electrons. The van der Waals surface area contributed by atoms with Crippen LogP contribution in [0.4, 0.5) is 5.69 Å². The highest BCUT2D eigenvalue weighted by Gasteiger charge is 2.18. The molecule has 2 aromatic rings. The van der Waals surface area contributed by atoms with Crippen molar-refractivity contribution in [2.24, 2.45) is 17.3 Å². The summed E-state index contributed by atoms with van der Waals surface area (Å²) in [6, 6.07) is 7.82. The molecule has 0 spiro atoms. The summed E-state index contributed by atoms with van der Waals surface area (Å²) in [6.45, 7) is 0.449. The first-order valence-electron chi connectivity index (χ1n) is 6.95. The SMILES string of the molecule is C[n+]1ccc(NCCc2ccc(S(N)(=O)=O)cc2)c(S(N)(=O)=O)c1.[I-]. The number of aryl methyl sites for hydroxylation is 1. The van der Waals surface area contributed by atoms with E-state index in [1.54, 1.807) is 36.0 Å². The lowest BCUT2D eigenvalue weighted by Crippen LogP contribution is -3.00. The van der Waals surface area contributed by atoms with Gasteiger partial charge >= 0.3 is 0 Å². The lowest BCUT2D eigenvalue weighted by atomic mass is 10.1. The highest BCUT2D eigenvalue weighted by Crippen LogP contribution is 2.17. The summed E-state index contributed by atoms with van der Waals surface area (Å²) >= 11 is 0. The summed E-state index contributed by atoms with van der Waals surface area (Å²) in [5.41, 5.74) is 1.30. The molecule has 0 fully saturated rings. The van der Waals surface area contributed by atoms with E-state index in [1.807, 2.05) is 0 Å². The van der Waals surface area contributed by atoms with Gasteiger partial charge in [0.15, 0.2) is 17.3 Å². The number of nitrogens with one attached hydrogen (secondary N) is 1. The van der Waals surface area contributed by atoms with Gasteiger partial charge in [-0.2, -0.15) is 0 Å². The molecule has 0 unspecified atom stereocenters. The molecule has 2 rings (SSSR count). The minimum atomic E-state index is -3.84. The van der Waals surface area contributed by atoms with Gasteiger partial charge in [0.25, 0.3) is 0 Å². The number of halogens is 1. The van der Waals surface area contributed by atoms with Crippen LogP contribution in [0.2, 0.25) is 0 Å². The molecule has 1 aromatic heterocycles. The van der Waals surface area contributed by atoms with E-state index < -0.39 is 20.0 Å². The van der Waals surface area contributed by atoms with E-state index in [1.165, 1.54) is 18.3 Å². The van der Waals surface area contributed by atoms with E-state index in [0.29, 0.717) is 18.7 Å². The number of nitrogens with zero attached hydrogens (tertiary/aromatic N) is 1. The summed E-state index contributed by atoms with van der Waals surface area (Å²) in [5, 5.41) is 13.3. The Balaban J connectivity index is 0.00000312. The number of aromatic nitrogens is 1. The summed E-state index contributed by atoms with van der Waals surface area (Å²) in [5.74, 6) is 0. The van der Waals surface area contributed by atoms with E-state index in [9.17, 15) is 16.8 Å². The van der Waals surface area contributed by atoms with Crippen LogP contribution in [0.1, 0.15) is 5.56 Å². The predicted molar refractivity (Wildman–Crippen MR) is 89.0 cm³/mol. The molecule has 8 nitrogen and oxygen atoms in total. The van der Waals surface area contributed by atoms with Crippen LogP contribution in [0.3, 0.4) is 0 Å². The molecule has 1 aromatic carbocycles. The second kappa shape index (κ2) is 8.40. The van der Waals surface area contributed by atoms with Crippen LogP contribution in [0.15, 0.2) is 52.5 Å². The van der Waals surface area contributed by atoms with Gasteiger partial charge in [0.2, 0.25) is 20.0 Å². The quantitative estimate of drug-likeness (QED) is 0.280. The zero-order valence-electron chi connectivity index (χ0n) is 13.4. The van der Waals surface area contributed by atoms with E-state index in [2.05, 4.69) is 5.32 Å². The minimum absolute atomic E-state index is 0. The van der Waals surface area contributed by atoms with E-state index in [0.717, 1.165) is 5.56 Å². The van der Waals surface area contributed by atoms with Gasteiger partial charge in [-0.15, -0.1) is 0 Å². The number of benzene rings is 1. The minimum Gasteiger partial charge on any atom is -1.00 e. The largest absolute Gasteiger partial charge is 1.00 e. The maximum atomic E-state index is 11.6. The van der Waals surface area contributed by atoms with Crippen LogP contribution in [0.5, 0.6) is 0 Å². The average Bonchev–Trinajstić information content (AvgIpc) is 2.47. The monoisotopic (exact) mass is 498 g/mol. The van der Waals surface area contributed by atoms with Crippen molar-refractivity contribution in [3.8, 4) is 0 Å². The molecule has 0 bridgehead atoms. The lowest BCUT2D eigenvalue weighted by Gasteiger charge is -2.09. The van der Waals surface area contributed by atoms with Crippen molar-refractivity contribution in [2.75, 3.05) is 11.9 Å². The Morgan fingerprint density at radius 3 is 2.12 bits per heavy atom. The Kier molecular flexibility index (Phi) is 7.31. The van der Waals surface area contributed by atoms with Crippen molar-refractivity contribution in [2.45, 2.75) is 16.2 Å². The highest BCUT2D eigenvalue weighted by atomic mass is 127. The number of nitrogens with two attached hydrogens (primary N) is 2. The Labute approximate surface area is 164 Å². The third kappa shape index (κ3) is 6.18. The second-order valence-electron chi connectivity index (χ2n) is 5.30. The van der Waals surface area contributed by atoms with Gasteiger partial charge in [-0.3, -0.25) is 0 Å². The number of hydrogen-bond donors (Lipinski definition) is 3. The normalized spacial score (nSPS) is 11.6. The molecule has 25 heavy (non-hydrogen) atoms. The number of primary sulfonamides is 2. The Morgan fingerprint density at radius 2 is 1.60 bits per heavy atom. The van der Waals surface area contributed by atoms with E-state index in [4.69, 9.17) is 10.3 Å². The van der Waals surface area contributed by atoms with Gasteiger partial charge in [0, 0.05) is 12.6 Å². The van der Waals surface area contributed by atoms with Crippen LogP contribution in [-0.4, -0.2) is 23.4 Å². The molecular weight excluding hydrogens is 479 g/mol. The third-order valence-electron chi connectivity index (χ3n) is 3.35. The number of hydrogen-bond acceptors (Lipinski definition) is 5. The van der Waals surface area contributed by atoms with Crippen LogP contribution in [0.25, 0.3) is 0 Å². The Morgan fingerprint density at radius 1 is 1.00 bits per heavy atom. The third-order valence-corrected chi connectivity index (χ3v) is 5.22. The fourth-order valence-corrected chi connectivity index (χ4v) is 3.41. The van der Waals surface area contributed by atoms with Crippen LogP contribution < -0.4 is 44.1 Å². The molecule has 0 aliphatic rings. The highest BCUT2D eigenvalue weighted by molar-refractivity contribution is 7.89. The Hall–Kier alpha value is -1.28. The van der Waals surface area contributed by atoms with E-state index >= 15 is 0 Å². The summed E-state index contributed by atoms with van der Waals surface area (Å²) in [4.78, 5) is 0.0587. The van der Waals surface area contributed by atoms with Crippen molar-refractivity contribution < 1.29 is 45.4 Å².